The van der Waals surface area contributed by atoms with Gasteiger partial charge in [-0.1, -0.05) is 15.9 Å². The molecule has 0 atom stereocenters. The number of rotatable bonds is 5. The molecule has 1 rings (SSSR count). The summed E-state index contributed by atoms with van der Waals surface area (Å²) in [6, 6.07) is 2.07. The summed E-state index contributed by atoms with van der Waals surface area (Å²) in [6.45, 7) is 10.2. The van der Waals surface area contributed by atoms with Crippen molar-refractivity contribution in [3.8, 4) is 5.75 Å². The van der Waals surface area contributed by atoms with E-state index in [1.807, 2.05) is 6.92 Å². The van der Waals surface area contributed by atoms with Crippen molar-refractivity contribution in [1.29, 1.82) is 0 Å². The van der Waals surface area contributed by atoms with E-state index in [-0.39, 0.29) is 0 Å². The average molecular weight is 287 g/mol. The summed E-state index contributed by atoms with van der Waals surface area (Å²) in [5.74, 6) is 0.956. The maximum Gasteiger partial charge on any atom is 0.122 e. The lowest BCUT2D eigenvalue weighted by atomic mass is 10.1. The molecule has 0 aromatic heterocycles. The molecule has 0 saturated heterocycles. The van der Waals surface area contributed by atoms with E-state index < -0.39 is 0 Å². The molecule has 0 aliphatic rings. The maximum atomic E-state index is 5.71. The molecule has 1 aromatic rings. The van der Waals surface area contributed by atoms with Gasteiger partial charge in [-0.05, 0) is 50.5 Å². The van der Waals surface area contributed by atoms with E-state index in [0.29, 0.717) is 13.2 Å². The molecule has 0 fully saturated rings. The Kier molecular flexibility index (Phi) is 5.29. The first-order valence-electron chi connectivity index (χ1n) is 5.54. The Morgan fingerprint density at radius 2 is 1.81 bits per heavy atom. The number of ether oxygens (including phenoxy) is 2. The Morgan fingerprint density at radius 1 is 1.12 bits per heavy atom. The molecular weight excluding hydrogens is 268 g/mol. The first kappa shape index (κ1) is 13.5. The summed E-state index contributed by atoms with van der Waals surface area (Å²) in [6.07, 6.45) is 0. The molecule has 0 N–H and O–H groups in total. The lowest BCUT2D eigenvalue weighted by Crippen LogP contribution is -2.07. The van der Waals surface area contributed by atoms with Crippen LogP contribution in [0.2, 0.25) is 0 Å². The average Bonchev–Trinajstić information content (AvgIpc) is 2.28. The lowest BCUT2D eigenvalue weighted by Gasteiger charge is -2.14. The van der Waals surface area contributed by atoms with Crippen LogP contribution in [0.25, 0.3) is 0 Å². The fourth-order valence-electron chi connectivity index (χ4n) is 1.52. The van der Waals surface area contributed by atoms with Crippen molar-refractivity contribution in [3.05, 3.63) is 27.2 Å². The molecule has 0 saturated carbocycles. The van der Waals surface area contributed by atoms with Crippen LogP contribution in [0.5, 0.6) is 5.75 Å². The van der Waals surface area contributed by atoms with Crippen LogP contribution in [0, 0.1) is 20.8 Å². The number of halogens is 1. The van der Waals surface area contributed by atoms with Crippen LogP contribution in [0.4, 0.5) is 0 Å². The molecule has 0 aliphatic heterocycles. The lowest BCUT2D eigenvalue weighted by molar-refractivity contribution is 0.110. The zero-order chi connectivity index (χ0) is 12.1. The van der Waals surface area contributed by atoms with Crippen molar-refractivity contribution in [2.24, 2.45) is 0 Å². The van der Waals surface area contributed by atoms with Crippen molar-refractivity contribution in [2.45, 2.75) is 27.7 Å². The van der Waals surface area contributed by atoms with Gasteiger partial charge in [-0.15, -0.1) is 0 Å². The van der Waals surface area contributed by atoms with Gasteiger partial charge in [0, 0.05) is 11.1 Å². The molecular formula is C13H19BrO2. The second kappa shape index (κ2) is 6.26. The third-order valence-electron chi connectivity index (χ3n) is 2.64. The summed E-state index contributed by atoms with van der Waals surface area (Å²) < 4.78 is 12.1. The third kappa shape index (κ3) is 3.22. The molecule has 0 amide bonds. The predicted molar refractivity (Wildman–Crippen MR) is 70.3 cm³/mol. The maximum absolute atomic E-state index is 5.71. The molecule has 0 aliphatic carbocycles. The Hall–Kier alpha value is -0.540. The van der Waals surface area contributed by atoms with Gasteiger partial charge in [-0.25, -0.2) is 0 Å². The first-order chi connectivity index (χ1) is 7.57. The van der Waals surface area contributed by atoms with E-state index in [4.69, 9.17) is 9.47 Å². The smallest absolute Gasteiger partial charge is 0.122 e. The van der Waals surface area contributed by atoms with Gasteiger partial charge in [0.15, 0.2) is 0 Å². The molecule has 0 heterocycles. The highest BCUT2D eigenvalue weighted by atomic mass is 79.9. The van der Waals surface area contributed by atoms with Crippen molar-refractivity contribution >= 4 is 15.9 Å². The van der Waals surface area contributed by atoms with Crippen molar-refractivity contribution in [3.63, 3.8) is 0 Å². The van der Waals surface area contributed by atoms with Crippen LogP contribution in [0.1, 0.15) is 23.6 Å². The Morgan fingerprint density at radius 3 is 2.44 bits per heavy atom. The quantitative estimate of drug-likeness (QED) is 0.767. The zero-order valence-corrected chi connectivity index (χ0v) is 12.0. The Bertz CT molecular complexity index is 361. The number of hydrogen-bond acceptors (Lipinski definition) is 2. The van der Waals surface area contributed by atoms with Gasteiger partial charge in [-0.3, -0.25) is 0 Å². The normalized spacial score (nSPS) is 10.6. The van der Waals surface area contributed by atoms with Gasteiger partial charge >= 0.3 is 0 Å². The Labute approximate surface area is 106 Å². The fourth-order valence-corrected chi connectivity index (χ4v) is 1.93. The van der Waals surface area contributed by atoms with Crippen LogP contribution in [0.15, 0.2) is 10.5 Å². The van der Waals surface area contributed by atoms with Crippen molar-refractivity contribution in [2.75, 3.05) is 19.8 Å². The summed E-state index contributed by atoms with van der Waals surface area (Å²) in [5, 5.41) is 0. The van der Waals surface area contributed by atoms with Gasteiger partial charge in [0.2, 0.25) is 0 Å². The first-order valence-corrected chi connectivity index (χ1v) is 6.34. The zero-order valence-electron chi connectivity index (χ0n) is 10.4. The summed E-state index contributed by atoms with van der Waals surface area (Å²) in [5.41, 5.74) is 3.63. The van der Waals surface area contributed by atoms with Gasteiger partial charge in [0.25, 0.3) is 0 Å². The molecule has 0 bridgehead atoms. The minimum atomic E-state index is 0.606. The molecule has 0 spiro atoms. The van der Waals surface area contributed by atoms with Crippen molar-refractivity contribution < 1.29 is 9.47 Å². The highest BCUT2D eigenvalue weighted by Gasteiger charge is 2.08. The minimum Gasteiger partial charge on any atom is -0.491 e. The second-order valence-electron chi connectivity index (χ2n) is 3.80. The highest BCUT2D eigenvalue weighted by molar-refractivity contribution is 9.10. The highest BCUT2D eigenvalue weighted by Crippen LogP contribution is 2.31. The van der Waals surface area contributed by atoms with Gasteiger partial charge in [0.1, 0.15) is 12.4 Å². The van der Waals surface area contributed by atoms with Crippen molar-refractivity contribution in [1.82, 2.24) is 0 Å². The molecule has 90 valence electrons. The monoisotopic (exact) mass is 286 g/mol. The molecule has 16 heavy (non-hydrogen) atoms. The standard InChI is InChI=1S/C13H19BrO2/c1-5-15-6-7-16-12-8-9(2)13(14)11(4)10(12)3/h8H,5-7H2,1-4H3. The minimum absolute atomic E-state index is 0.606. The predicted octanol–water partition coefficient (Wildman–Crippen LogP) is 3.79. The van der Waals surface area contributed by atoms with Crippen LogP contribution < -0.4 is 4.74 Å². The van der Waals surface area contributed by atoms with E-state index >= 15 is 0 Å². The largest absolute Gasteiger partial charge is 0.491 e. The van der Waals surface area contributed by atoms with Crippen LogP contribution in [-0.2, 0) is 4.74 Å². The molecule has 0 unspecified atom stereocenters. The van der Waals surface area contributed by atoms with E-state index in [0.717, 1.165) is 12.4 Å². The second-order valence-corrected chi connectivity index (χ2v) is 4.59. The molecule has 3 heteroatoms. The molecule has 2 nitrogen and oxygen atoms in total. The number of benzene rings is 1. The van der Waals surface area contributed by atoms with Crippen LogP contribution in [0.3, 0.4) is 0 Å². The molecule has 0 radical (unpaired) electrons. The third-order valence-corrected chi connectivity index (χ3v) is 3.86. The van der Waals surface area contributed by atoms with Crippen LogP contribution in [-0.4, -0.2) is 19.8 Å². The fraction of sp³-hybridized carbons (Fsp3) is 0.538. The number of aryl methyl sites for hydroxylation is 1. The van der Waals surface area contributed by atoms with Gasteiger partial charge in [-0.2, -0.15) is 0 Å². The summed E-state index contributed by atoms with van der Waals surface area (Å²) in [7, 11) is 0. The summed E-state index contributed by atoms with van der Waals surface area (Å²) >= 11 is 3.58. The van der Waals surface area contributed by atoms with Gasteiger partial charge < -0.3 is 9.47 Å². The van der Waals surface area contributed by atoms with E-state index in [1.54, 1.807) is 0 Å². The molecule has 1 aromatic carbocycles. The number of hydrogen-bond donors (Lipinski definition) is 0. The topological polar surface area (TPSA) is 18.5 Å². The SMILES string of the molecule is CCOCCOc1cc(C)c(Br)c(C)c1C. The van der Waals surface area contributed by atoms with Crippen LogP contribution >= 0.6 is 15.9 Å². The summed E-state index contributed by atoms with van der Waals surface area (Å²) in [4.78, 5) is 0. The van der Waals surface area contributed by atoms with Gasteiger partial charge in [0.05, 0.1) is 6.61 Å². The van der Waals surface area contributed by atoms with E-state index in [1.165, 1.54) is 21.2 Å². The van der Waals surface area contributed by atoms with E-state index in [2.05, 4.69) is 42.8 Å². The van der Waals surface area contributed by atoms with E-state index in [9.17, 15) is 0 Å². The Balaban J connectivity index is 2.73.